The van der Waals surface area contributed by atoms with Gasteiger partial charge in [-0.05, 0) is 22.4 Å². The Morgan fingerprint density at radius 2 is 1.92 bits per heavy atom. The van der Waals surface area contributed by atoms with Gasteiger partial charge < -0.3 is 0 Å². The molecule has 0 N–H and O–H groups in total. The molecule has 70 valence electrons. The fourth-order valence-electron chi connectivity index (χ4n) is 0.751. The number of Topliss-reactive ketones (excluding diaryl/α,β-unsaturated/α-hetero) is 1. The fraction of sp³-hybridized carbons (Fsp3) is 0.625. The molecule has 0 spiro atoms. The normalized spacial score (nSPS) is 12.7. The number of carbonyl (C=O) groups is 1. The SMILES string of the molecule is CCCCCC(=O)/C(Cl)=C(/Cl)Br. The molecule has 0 saturated heterocycles. The summed E-state index contributed by atoms with van der Waals surface area (Å²) in [4.78, 5) is 11.2. The van der Waals surface area contributed by atoms with E-state index in [-0.39, 0.29) is 14.8 Å². The van der Waals surface area contributed by atoms with Gasteiger partial charge in [0.05, 0.1) is 0 Å². The van der Waals surface area contributed by atoms with Crippen LogP contribution in [0.5, 0.6) is 0 Å². The zero-order valence-corrected chi connectivity index (χ0v) is 9.97. The van der Waals surface area contributed by atoms with Gasteiger partial charge in [-0.2, -0.15) is 0 Å². The minimum atomic E-state index is -0.0907. The van der Waals surface area contributed by atoms with Gasteiger partial charge in [0, 0.05) is 6.42 Å². The Hall–Kier alpha value is 0.470. The van der Waals surface area contributed by atoms with Crippen molar-refractivity contribution in [3.8, 4) is 0 Å². The van der Waals surface area contributed by atoms with E-state index in [1.165, 1.54) is 0 Å². The zero-order chi connectivity index (χ0) is 9.56. The van der Waals surface area contributed by atoms with Gasteiger partial charge in [0.25, 0.3) is 0 Å². The zero-order valence-electron chi connectivity index (χ0n) is 6.87. The maximum Gasteiger partial charge on any atom is 0.176 e. The van der Waals surface area contributed by atoms with Gasteiger partial charge in [0.2, 0.25) is 0 Å². The van der Waals surface area contributed by atoms with Gasteiger partial charge in [0.1, 0.15) is 8.97 Å². The second-order valence-corrected chi connectivity index (χ2v) is 4.46. The molecule has 0 aliphatic carbocycles. The number of carbonyl (C=O) groups excluding carboxylic acids is 1. The molecule has 0 aliphatic heterocycles. The molecule has 0 amide bonds. The molecule has 0 aromatic rings. The van der Waals surface area contributed by atoms with Crippen LogP contribution in [-0.2, 0) is 4.79 Å². The van der Waals surface area contributed by atoms with E-state index < -0.39 is 0 Å². The highest BCUT2D eigenvalue weighted by molar-refractivity contribution is 9.12. The number of hydrogen-bond acceptors (Lipinski definition) is 1. The molecule has 0 unspecified atom stereocenters. The molecule has 0 aromatic heterocycles. The van der Waals surface area contributed by atoms with Gasteiger partial charge in [-0.3, -0.25) is 4.79 Å². The van der Waals surface area contributed by atoms with E-state index in [9.17, 15) is 4.79 Å². The van der Waals surface area contributed by atoms with Gasteiger partial charge in [-0.1, -0.05) is 43.0 Å². The second-order valence-electron chi connectivity index (χ2n) is 2.45. The van der Waals surface area contributed by atoms with Crippen molar-refractivity contribution in [2.75, 3.05) is 0 Å². The van der Waals surface area contributed by atoms with Crippen molar-refractivity contribution >= 4 is 44.9 Å². The molecule has 0 saturated carbocycles. The van der Waals surface area contributed by atoms with Gasteiger partial charge in [-0.15, -0.1) is 0 Å². The van der Waals surface area contributed by atoms with Gasteiger partial charge in [-0.25, -0.2) is 0 Å². The van der Waals surface area contributed by atoms with Crippen molar-refractivity contribution in [3.05, 3.63) is 8.97 Å². The van der Waals surface area contributed by atoms with Crippen LogP contribution >= 0.6 is 39.1 Å². The third-order valence-electron chi connectivity index (χ3n) is 1.42. The van der Waals surface area contributed by atoms with Crippen LogP contribution < -0.4 is 0 Å². The summed E-state index contributed by atoms with van der Waals surface area (Å²) in [5, 5.41) is 0.104. The molecule has 0 aliphatic rings. The largest absolute Gasteiger partial charge is 0.293 e. The quantitative estimate of drug-likeness (QED) is 0.543. The number of allylic oxidation sites excluding steroid dienone is 1. The first kappa shape index (κ1) is 12.5. The summed E-state index contributed by atoms with van der Waals surface area (Å²) in [5.41, 5.74) is 0. The minimum absolute atomic E-state index is 0.0907. The molecule has 1 nitrogen and oxygen atoms in total. The summed E-state index contributed by atoms with van der Waals surface area (Å²) in [5.74, 6) is -0.0907. The highest BCUT2D eigenvalue weighted by atomic mass is 79.9. The molecule has 4 heteroatoms. The van der Waals surface area contributed by atoms with E-state index in [2.05, 4.69) is 22.9 Å². The molecular weight excluding hydrogens is 263 g/mol. The lowest BCUT2D eigenvalue weighted by Gasteiger charge is -1.97. The van der Waals surface area contributed by atoms with E-state index in [0.29, 0.717) is 6.42 Å². The third kappa shape index (κ3) is 5.18. The van der Waals surface area contributed by atoms with Crippen molar-refractivity contribution in [2.45, 2.75) is 32.6 Å². The molecule has 0 atom stereocenters. The van der Waals surface area contributed by atoms with Crippen LogP contribution in [0, 0.1) is 0 Å². The Morgan fingerprint density at radius 3 is 2.33 bits per heavy atom. The number of halogens is 3. The van der Waals surface area contributed by atoms with Crippen LogP contribution in [0.1, 0.15) is 32.6 Å². The lowest BCUT2D eigenvalue weighted by Crippen LogP contribution is -1.97. The van der Waals surface area contributed by atoms with Crippen molar-refractivity contribution < 1.29 is 4.79 Å². The second kappa shape index (κ2) is 6.93. The summed E-state index contributed by atoms with van der Waals surface area (Å²) in [7, 11) is 0. The van der Waals surface area contributed by atoms with E-state index in [1.54, 1.807) is 0 Å². The molecular formula is C8H11BrCl2O. The van der Waals surface area contributed by atoms with Crippen molar-refractivity contribution in [2.24, 2.45) is 0 Å². The molecule has 0 radical (unpaired) electrons. The van der Waals surface area contributed by atoms with Crippen molar-refractivity contribution in [1.29, 1.82) is 0 Å². The van der Waals surface area contributed by atoms with E-state index in [1.807, 2.05) is 0 Å². The average molecular weight is 274 g/mol. The number of hydrogen-bond donors (Lipinski definition) is 0. The summed E-state index contributed by atoms with van der Waals surface area (Å²) in [6.07, 6.45) is 3.50. The van der Waals surface area contributed by atoms with E-state index >= 15 is 0 Å². The average Bonchev–Trinajstić information content (AvgIpc) is 2.03. The monoisotopic (exact) mass is 272 g/mol. The minimum Gasteiger partial charge on any atom is -0.293 e. The summed E-state index contributed by atoms with van der Waals surface area (Å²) in [6.45, 7) is 2.08. The predicted octanol–water partition coefficient (Wildman–Crippen LogP) is 4.18. The molecule has 0 aromatic carbocycles. The van der Waals surface area contributed by atoms with Crippen LogP contribution in [0.2, 0.25) is 0 Å². The lowest BCUT2D eigenvalue weighted by molar-refractivity contribution is -0.115. The molecule has 0 fully saturated rings. The van der Waals surface area contributed by atoms with E-state index in [0.717, 1.165) is 19.3 Å². The summed E-state index contributed by atoms with van der Waals surface area (Å²) in [6, 6.07) is 0. The Morgan fingerprint density at radius 1 is 1.33 bits per heavy atom. The standard InChI is InChI=1S/C8H11BrCl2O/c1-2-3-4-5-6(12)7(10)8(9)11/h2-5H2,1H3/b8-7-. The first-order valence-corrected chi connectivity index (χ1v) is 5.38. The Kier molecular flexibility index (Phi) is 7.20. The Balaban J connectivity index is 3.81. The predicted molar refractivity (Wildman–Crippen MR) is 56.8 cm³/mol. The molecule has 12 heavy (non-hydrogen) atoms. The Bertz CT molecular complexity index is 185. The maximum atomic E-state index is 11.2. The van der Waals surface area contributed by atoms with Crippen LogP contribution in [0.15, 0.2) is 8.97 Å². The smallest absolute Gasteiger partial charge is 0.176 e. The van der Waals surface area contributed by atoms with Gasteiger partial charge in [0.15, 0.2) is 5.78 Å². The Labute approximate surface area is 91.2 Å². The number of unbranched alkanes of at least 4 members (excludes halogenated alkanes) is 2. The van der Waals surface area contributed by atoms with Crippen LogP contribution in [0.25, 0.3) is 0 Å². The third-order valence-corrected chi connectivity index (χ3v) is 2.73. The van der Waals surface area contributed by atoms with Crippen LogP contribution in [0.4, 0.5) is 0 Å². The summed E-state index contributed by atoms with van der Waals surface area (Å²) < 4.78 is 0.200. The summed E-state index contributed by atoms with van der Waals surface area (Å²) >= 11 is 14.0. The first-order chi connectivity index (χ1) is 5.59. The fourth-order valence-corrected chi connectivity index (χ4v) is 1.17. The molecule has 0 bridgehead atoms. The lowest BCUT2D eigenvalue weighted by atomic mass is 10.1. The molecule has 0 rings (SSSR count). The van der Waals surface area contributed by atoms with Crippen molar-refractivity contribution in [1.82, 2.24) is 0 Å². The van der Waals surface area contributed by atoms with E-state index in [4.69, 9.17) is 23.2 Å². The highest BCUT2D eigenvalue weighted by Crippen LogP contribution is 2.22. The van der Waals surface area contributed by atoms with Crippen LogP contribution in [0.3, 0.4) is 0 Å². The molecule has 0 heterocycles. The topological polar surface area (TPSA) is 17.1 Å². The number of rotatable bonds is 5. The van der Waals surface area contributed by atoms with Crippen molar-refractivity contribution in [3.63, 3.8) is 0 Å². The first-order valence-electron chi connectivity index (χ1n) is 3.83. The van der Waals surface area contributed by atoms with Gasteiger partial charge >= 0.3 is 0 Å². The highest BCUT2D eigenvalue weighted by Gasteiger charge is 2.09. The maximum absolute atomic E-state index is 11.2. The number of ketones is 1. The van der Waals surface area contributed by atoms with Crippen LogP contribution in [-0.4, -0.2) is 5.78 Å².